The second-order valence-corrected chi connectivity index (χ2v) is 15.0. The molecule has 8 heterocycles. The molecular formula is C42H59N15O5. The molecule has 0 spiro atoms. The van der Waals surface area contributed by atoms with Gasteiger partial charge in [0.2, 0.25) is 0 Å². The number of rotatable bonds is 7. The number of nitro groups is 1. The standard InChI is InChI=1S/C11H12N4O3.C11H14N4O.C9H15N3.C8H13N3O.C3H5N/c16-15(17)10-5-8-6-13-14(11(8)12-7-10)9-1-3-18-4-2-9;12-9-5-8-6-14-15(11(8)13-7-9)10-1-3-16-4-2-10;10-7-4-8-11-12-9-5-2-1-3-6-9;9-8-1-4-10-11(8)7-2-5-12-6-3-7;1-2-3-4/h5-7,9H,1-4H2;5-7,10H,1-4,12H2;11H,1-6,8H2;1,4,7H,2-3,5-6,9H2;2H2,1H3. The van der Waals surface area contributed by atoms with E-state index in [-0.39, 0.29) is 11.7 Å². The van der Waals surface area contributed by atoms with Gasteiger partial charge in [0, 0.05) is 75.2 Å². The number of hydrogen-bond donors (Lipinski definition) is 3. The largest absolute Gasteiger partial charge is 0.397 e. The third-order valence-corrected chi connectivity index (χ3v) is 10.6. The second kappa shape index (κ2) is 25.5. The van der Waals surface area contributed by atoms with Crippen LogP contribution in [-0.2, 0) is 14.2 Å². The third-order valence-electron chi connectivity index (χ3n) is 10.6. The van der Waals surface area contributed by atoms with Gasteiger partial charge in [0.05, 0.1) is 72.1 Å². The number of hydrogen-bond acceptors (Lipinski definition) is 16. The molecule has 0 amide bonds. The average molecular weight is 854 g/mol. The molecule has 4 fully saturated rings. The van der Waals surface area contributed by atoms with Crippen LogP contribution in [-0.4, -0.2) is 96.1 Å². The van der Waals surface area contributed by atoms with Crippen LogP contribution in [0, 0.1) is 32.8 Å². The van der Waals surface area contributed by atoms with Gasteiger partial charge >= 0.3 is 0 Å². The molecule has 0 unspecified atom stereocenters. The van der Waals surface area contributed by atoms with Gasteiger partial charge in [0.1, 0.15) is 12.0 Å². The number of ether oxygens (including phenoxy) is 3. The lowest BCUT2D eigenvalue weighted by Gasteiger charge is -2.23. The molecule has 5 N–H and O–H groups in total. The number of anilines is 2. The summed E-state index contributed by atoms with van der Waals surface area (Å²) < 4.78 is 21.7. The number of nitrogens with one attached hydrogen (secondary N) is 1. The lowest BCUT2D eigenvalue weighted by atomic mass is 9.99. The average Bonchev–Trinajstić information content (AvgIpc) is 4.08. The first-order valence-electron chi connectivity index (χ1n) is 21.4. The van der Waals surface area contributed by atoms with Gasteiger partial charge in [0.15, 0.2) is 11.3 Å². The highest BCUT2D eigenvalue weighted by Gasteiger charge is 2.21. The van der Waals surface area contributed by atoms with E-state index < -0.39 is 4.92 Å². The summed E-state index contributed by atoms with van der Waals surface area (Å²) in [6.07, 6.45) is 21.3. The molecule has 0 bridgehead atoms. The van der Waals surface area contributed by atoms with Crippen LogP contribution >= 0.6 is 0 Å². The zero-order valence-electron chi connectivity index (χ0n) is 35.6. The molecule has 5 aromatic heterocycles. The predicted molar refractivity (Wildman–Crippen MR) is 235 cm³/mol. The minimum Gasteiger partial charge on any atom is -0.397 e. The number of aromatic nitrogens is 8. The van der Waals surface area contributed by atoms with Crippen molar-refractivity contribution in [2.45, 2.75) is 109 Å². The lowest BCUT2D eigenvalue weighted by Crippen LogP contribution is -2.21. The zero-order chi connectivity index (χ0) is 43.9. The molecule has 5 aromatic rings. The van der Waals surface area contributed by atoms with E-state index in [1.807, 2.05) is 45.4 Å². The first-order chi connectivity index (χ1) is 30.3. The Bertz CT molecular complexity index is 2210. The maximum Gasteiger partial charge on any atom is 0.288 e. The van der Waals surface area contributed by atoms with Crippen molar-refractivity contribution in [2.24, 2.45) is 5.10 Å². The fourth-order valence-corrected chi connectivity index (χ4v) is 7.29. The molecule has 1 saturated carbocycles. The summed E-state index contributed by atoms with van der Waals surface area (Å²) in [5, 5.41) is 45.4. The number of fused-ring (bicyclic) bond motifs is 2. The van der Waals surface area contributed by atoms with Crippen LogP contribution < -0.4 is 16.9 Å². The van der Waals surface area contributed by atoms with Crippen LogP contribution in [0.1, 0.15) is 109 Å². The molecule has 62 heavy (non-hydrogen) atoms. The Morgan fingerprint density at radius 2 is 1.29 bits per heavy atom. The Kier molecular flexibility index (Phi) is 19.3. The predicted octanol–water partition coefficient (Wildman–Crippen LogP) is 6.60. The Labute approximate surface area is 361 Å². The molecule has 332 valence electrons. The van der Waals surface area contributed by atoms with E-state index in [9.17, 15) is 10.1 Å². The number of nitriles is 2. The molecule has 20 nitrogen and oxygen atoms in total. The SMILES string of the molecule is CCC#N.N#CCCNN=C1CCCCC1.Nc1ccnn1C1CCOCC1.Nc1cnc2c(cnn2C2CCOCC2)c1.O=[N+]([O-])c1cnc2c(cnn2C2CCOCC2)c1. The quantitative estimate of drug-likeness (QED) is 0.0883. The second-order valence-electron chi connectivity index (χ2n) is 15.0. The van der Waals surface area contributed by atoms with Crippen molar-refractivity contribution in [1.29, 1.82) is 10.5 Å². The Balaban J connectivity index is 0.000000154. The highest BCUT2D eigenvalue weighted by atomic mass is 16.6. The molecule has 20 heteroatoms. The first-order valence-corrected chi connectivity index (χ1v) is 21.4. The lowest BCUT2D eigenvalue weighted by molar-refractivity contribution is -0.385. The number of nitrogens with zero attached hydrogens (tertiary/aromatic N) is 12. The van der Waals surface area contributed by atoms with Crippen molar-refractivity contribution in [3.63, 3.8) is 0 Å². The highest BCUT2D eigenvalue weighted by Crippen LogP contribution is 2.27. The zero-order valence-corrected chi connectivity index (χ0v) is 35.6. The number of pyridine rings is 2. The van der Waals surface area contributed by atoms with E-state index in [1.54, 1.807) is 18.6 Å². The normalized spacial score (nSPS) is 17.0. The monoisotopic (exact) mass is 853 g/mol. The van der Waals surface area contributed by atoms with Crippen molar-refractivity contribution < 1.29 is 19.1 Å². The van der Waals surface area contributed by atoms with E-state index in [0.717, 1.165) is 108 Å². The maximum absolute atomic E-state index is 10.7. The van der Waals surface area contributed by atoms with Crippen molar-refractivity contribution in [3.05, 3.63) is 59.3 Å². The summed E-state index contributed by atoms with van der Waals surface area (Å²) in [6.45, 7) is 7.20. The van der Waals surface area contributed by atoms with E-state index in [2.05, 4.69) is 41.9 Å². The van der Waals surface area contributed by atoms with E-state index in [0.29, 0.717) is 48.2 Å². The van der Waals surface area contributed by atoms with Gasteiger partial charge in [-0.3, -0.25) is 10.1 Å². The van der Waals surface area contributed by atoms with Crippen LogP contribution in [0.3, 0.4) is 0 Å². The van der Waals surface area contributed by atoms with Gasteiger partial charge in [-0.2, -0.15) is 30.9 Å². The van der Waals surface area contributed by atoms with Crippen molar-refractivity contribution >= 4 is 45.0 Å². The summed E-state index contributed by atoms with van der Waals surface area (Å²) in [7, 11) is 0. The maximum atomic E-state index is 10.7. The number of nitrogen functional groups attached to an aromatic ring is 2. The number of hydrazone groups is 1. The van der Waals surface area contributed by atoms with Gasteiger partial charge in [0.25, 0.3) is 5.69 Å². The highest BCUT2D eigenvalue weighted by molar-refractivity contribution is 5.84. The van der Waals surface area contributed by atoms with Gasteiger partial charge < -0.3 is 31.1 Å². The molecule has 0 atom stereocenters. The van der Waals surface area contributed by atoms with Crippen LogP contribution in [0.2, 0.25) is 0 Å². The van der Waals surface area contributed by atoms with Gasteiger partial charge in [-0.1, -0.05) is 13.3 Å². The fourth-order valence-electron chi connectivity index (χ4n) is 7.29. The van der Waals surface area contributed by atoms with Gasteiger partial charge in [-0.05, 0) is 76.3 Å². The molecule has 3 saturated heterocycles. The minimum atomic E-state index is -0.446. The van der Waals surface area contributed by atoms with E-state index >= 15 is 0 Å². The Morgan fingerprint density at radius 1 is 0.774 bits per heavy atom. The van der Waals surface area contributed by atoms with Crippen molar-refractivity contribution in [3.8, 4) is 12.1 Å². The molecule has 0 radical (unpaired) electrons. The van der Waals surface area contributed by atoms with E-state index in [4.69, 9.17) is 36.2 Å². The molecule has 1 aliphatic carbocycles. The summed E-state index contributed by atoms with van der Waals surface area (Å²) in [5.41, 5.74) is 17.9. The molecule has 0 aromatic carbocycles. The molecule has 9 rings (SSSR count). The van der Waals surface area contributed by atoms with E-state index in [1.165, 1.54) is 37.2 Å². The Hall–Kier alpha value is -6.22. The third kappa shape index (κ3) is 14.2. The minimum absolute atomic E-state index is 0.00553. The first kappa shape index (κ1) is 46.8. The van der Waals surface area contributed by atoms with Crippen LogP contribution in [0.15, 0.2) is 54.3 Å². The summed E-state index contributed by atoms with van der Waals surface area (Å²) >= 11 is 0. The molecule has 3 aliphatic heterocycles. The van der Waals surface area contributed by atoms with Crippen LogP contribution in [0.25, 0.3) is 22.1 Å². The summed E-state index contributed by atoms with van der Waals surface area (Å²) in [4.78, 5) is 18.7. The number of nitrogens with two attached hydrogens (primary N) is 2. The summed E-state index contributed by atoms with van der Waals surface area (Å²) in [5.74, 6) is 0.752. The van der Waals surface area contributed by atoms with Crippen molar-refractivity contribution in [1.82, 2.24) is 44.7 Å². The van der Waals surface area contributed by atoms with Crippen LogP contribution in [0.4, 0.5) is 17.2 Å². The fraction of sp³-hybridized carbons (Fsp3) is 0.571. The Morgan fingerprint density at radius 3 is 1.77 bits per heavy atom. The van der Waals surface area contributed by atoms with Crippen molar-refractivity contribution in [2.75, 3.05) is 57.7 Å². The summed E-state index contributed by atoms with van der Waals surface area (Å²) in [6, 6.07) is 10.4. The molecule has 4 aliphatic rings. The smallest absolute Gasteiger partial charge is 0.288 e. The topological polar surface area (TPSA) is 274 Å². The molecular weight excluding hydrogens is 795 g/mol. The van der Waals surface area contributed by atoms with Gasteiger partial charge in [-0.15, -0.1) is 0 Å². The van der Waals surface area contributed by atoms with Gasteiger partial charge in [-0.25, -0.2) is 24.0 Å². The van der Waals surface area contributed by atoms with Crippen LogP contribution in [0.5, 0.6) is 0 Å².